The first-order chi connectivity index (χ1) is 9.72. The molecule has 2 aromatic carbocycles. The van der Waals surface area contributed by atoms with Gasteiger partial charge in [0, 0.05) is 5.56 Å². The molecule has 0 aromatic heterocycles. The number of hydrogen-bond donors (Lipinski definition) is 0. The molecule has 0 aliphatic carbocycles. The fourth-order valence-electron chi connectivity index (χ4n) is 2.25. The fourth-order valence-corrected chi connectivity index (χ4v) is 2.25. The monoisotopic (exact) mass is 266 g/mol. The third-order valence-corrected chi connectivity index (χ3v) is 3.45. The summed E-state index contributed by atoms with van der Waals surface area (Å²) in [5, 5.41) is 0. The zero-order chi connectivity index (χ0) is 13.9. The Kier molecular flexibility index (Phi) is 3.68. The number of aryl methyl sites for hydroxylation is 1. The molecule has 0 atom stereocenters. The average Bonchev–Trinajstić information content (AvgIpc) is 2.49. The summed E-state index contributed by atoms with van der Waals surface area (Å²) < 4.78 is 11.2. The molecular formula is C18H18O2. The molecule has 0 radical (unpaired) electrons. The maximum atomic E-state index is 5.62. The Morgan fingerprint density at radius 2 is 1.35 bits per heavy atom. The van der Waals surface area contributed by atoms with E-state index in [-0.39, 0.29) is 6.29 Å². The van der Waals surface area contributed by atoms with Gasteiger partial charge in [0.25, 0.3) is 0 Å². The van der Waals surface area contributed by atoms with Crippen molar-refractivity contribution < 1.29 is 9.47 Å². The molecule has 0 N–H and O–H groups in total. The van der Waals surface area contributed by atoms with E-state index in [0.717, 1.165) is 11.1 Å². The Balaban J connectivity index is 1.77. The first-order valence-corrected chi connectivity index (χ1v) is 6.79. The van der Waals surface area contributed by atoms with Gasteiger partial charge in [-0.2, -0.15) is 0 Å². The standard InChI is InChI=1S/C18H18O2/c1-13-3-5-15(6-4-13)16-7-9-17(10-8-16)18-19-11-14(2)12-20-18/h3-10,18H,2,11-12H2,1H3. The Labute approximate surface area is 119 Å². The number of rotatable bonds is 2. The molecule has 2 aromatic rings. The molecule has 0 amide bonds. The van der Waals surface area contributed by atoms with Crippen molar-refractivity contribution in [3.05, 3.63) is 71.8 Å². The van der Waals surface area contributed by atoms with Gasteiger partial charge in [0.05, 0.1) is 13.2 Å². The van der Waals surface area contributed by atoms with Gasteiger partial charge in [0.15, 0.2) is 6.29 Å². The van der Waals surface area contributed by atoms with E-state index in [1.54, 1.807) is 0 Å². The zero-order valence-corrected chi connectivity index (χ0v) is 11.6. The Morgan fingerprint density at radius 1 is 0.850 bits per heavy atom. The van der Waals surface area contributed by atoms with Crippen molar-refractivity contribution in [3.63, 3.8) is 0 Å². The highest BCUT2D eigenvalue weighted by molar-refractivity contribution is 5.63. The van der Waals surface area contributed by atoms with Gasteiger partial charge < -0.3 is 9.47 Å². The summed E-state index contributed by atoms with van der Waals surface area (Å²) in [6.07, 6.45) is -0.271. The molecule has 2 heteroatoms. The Bertz CT molecular complexity index is 586. The lowest BCUT2D eigenvalue weighted by Crippen LogP contribution is -2.19. The van der Waals surface area contributed by atoms with Crippen LogP contribution in [-0.4, -0.2) is 13.2 Å². The molecule has 0 spiro atoms. The van der Waals surface area contributed by atoms with Crippen LogP contribution in [-0.2, 0) is 9.47 Å². The molecule has 0 saturated carbocycles. The topological polar surface area (TPSA) is 18.5 Å². The van der Waals surface area contributed by atoms with Crippen LogP contribution in [0.25, 0.3) is 11.1 Å². The van der Waals surface area contributed by atoms with Crippen LogP contribution in [0.3, 0.4) is 0 Å². The minimum Gasteiger partial charge on any atom is -0.344 e. The summed E-state index contributed by atoms with van der Waals surface area (Å²) in [5.74, 6) is 0. The zero-order valence-electron chi connectivity index (χ0n) is 11.6. The second-order valence-electron chi connectivity index (χ2n) is 5.19. The molecule has 1 saturated heterocycles. The molecule has 20 heavy (non-hydrogen) atoms. The average molecular weight is 266 g/mol. The van der Waals surface area contributed by atoms with Crippen LogP contribution in [0.2, 0.25) is 0 Å². The van der Waals surface area contributed by atoms with Crippen LogP contribution in [0.15, 0.2) is 60.7 Å². The smallest absolute Gasteiger partial charge is 0.184 e. The molecule has 1 aliphatic rings. The summed E-state index contributed by atoms with van der Waals surface area (Å²) >= 11 is 0. The Morgan fingerprint density at radius 3 is 1.90 bits per heavy atom. The van der Waals surface area contributed by atoms with E-state index in [1.807, 2.05) is 0 Å². The largest absolute Gasteiger partial charge is 0.344 e. The first kappa shape index (κ1) is 13.1. The minimum absolute atomic E-state index is 0.271. The Hall–Kier alpha value is -1.90. The van der Waals surface area contributed by atoms with Gasteiger partial charge in [0.2, 0.25) is 0 Å². The highest BCUT2D eigenvalue weighted by Gasteiger charge is 2.18. The molecule has 0 bridgehead atoms. The lowest BCUT2D eigenvalue weighted by atomic mass is 10.0. The maximum Gasteiger partial charge on any atom is 0.184 e. The molecule has 0 unspecified atom stereocenters. The second-order valence-corrected chi connectivity index (χ2v) is 5.19. The highest BCUT2D eigenvalue weighted by Crippen LogP contribution is 2.27. The van der Waals surface area contributed by atoms with Crippen molar-refractivity contribution in [3.8, 4) is 11.1 Å². The minimum atomic E-state index is -0.271. The van der Waals surface area contributed by atoms with Crippen LogP contribution < -0.4 is 0 Å². The van der Waals surface area contributed by atoms with E-state index in [9.17, 15) is 0 Å². The lowest BCUT2D eigenvalue weighted by Gasteiger charge is -2.25. The van der Waals surface area contributed by atoms with Crippen molar-refractivity contribution >= 4 is 0 Å². The summed E-state index contributed by atoms with van der Waals surface area (Å²) in [6, 6.07) is 16.9. The second kappa shape index (κ2) is 5.61. The van der Waals surface area contributed by atoms with Crippen LogP contribution in [0.4, 0.5) is 0 Å². The summed E-state index contributed by atoms with van der Waals surface area (Å²) in [4.78, 5) is 0. The third kappa shape index (κ3) is 2.82. The summed E-state index contributed by atoms with van der Waals surface area (Å²) in [7, 11) is 0. The molecular weight excluding hydrogens is 248 g/mol. The quantitative estimate of drug-likeness (QED) is 0.756. The molecule has 1 aliphatic heterocycles. The van der Waals surface area contributed by atoms with Gasteiger partial charge in [-0.05, 0) is 23.6 Å². The predicted octanol–water partition coefficient (Wildman–Crippen LogP) is 4.26. The van der Waals surface area contributed by atoms with Gasteiger partial charge >= 0.3 is 0 Å². The number of ether oxygens (including phenoxy) is 2. The molecule has 1 heterocycles. The summed E-state index contributed by atoms with van der Waals surface area (Å²) in [6.45, 7) is 7.10. The van der Waals surface area contributed by atoms with Gasteiger partial charge in [-0.15, -0.1) is 0 Å². The van der Waals surface area contributed by atoms with Crippen molar-refractivity contribution in [1.82, 2.24) is 0 Å². The van der Waals surface area contributed by atoms with Crippen molar-refractivity contribution in [2.75, 3.05) is 13.2 Å². The van der Waals surface area contributed by atoms with Gasteiger partial charge in [0.1, 0.15) is 0 Å². The van der Waals surface area contributed by atoms with E-state index in [0.29, 0.717) is 13.2 Å². The van der Waals surface area contributed by atoms with Crippen LogP contribution >= 0.6 is 0 Å². The van der Waals surface area contributed by atoms with E-state index < -0.39 is 0 Å². The van der Waals surface area contributed by atoms with Gasteiger partial charge in [-0.25, -0.2) is 0 Å². The first-order valence-electron chi connectivity index (χ1n) is 6.79. The number of hydrogen-bond acceptors (Lipinski definition) is 2. The van der Waals surface area contributed by atoms with Gasteiger partial charge in [-0.1, -0.05) is 60.7 Å². The maximum absolute atomic E-state index is 5.62. The SMILES string of the molecule is C=C1COC(c2ccc(-c3ccc(C)cc3)cc2)OC1. The fraction of sp³-hybridized carbons (Fsp3) is 0.222. The van der Waals surface area contributed by atoms with Crippen LogP contribution in [0, 0.1) is 6.92 Å². The van der Waals surface area contributed by atoms with E-state index in [4.69, 9.17) is 9.47 Å². The predicted molar refractivity (Wildman–Crippen MR) is 80.4 cm³/mol. The molecule has 1 fully saturated rings. The van der Waals surface area contributed by atoms with E-state index >= 15 is 0 Å². The van der Waals surface area contributed by atoms with Crippen molar-refractivity contribution in [1.29, 1.82) is 0 Å². The highest BCUT2D eigenvalue weighted by atomic mass is 16.7. The van der Waals surface area contributed by atoms with E-state index in [2.05, 4.69) is 62.0 Å². The summed E-state index contributed by atoms with van der Waals surface area (Å²) in [5.41, 5.74) is 5.73. The third-order valence-electron chi connectivity index (χ3n) is 3.45. The molecule has 102 valence electrons. The van der Waals surface area contributed by atoms with Crippen molar-refractivity contribution in [2.24, 2.45) is 0 Å². The van der Waals surface area contributed by atoms with Gasteiger partial charge in [-0.3, -0.25) is 0 Å². The molecule has 3 rings (SSSR count). The van der Waals surface area contributed by atoms with Crippen molar-refractivity contribution in [2.45, 2.75) is 13.2 Å². The normalized spacial score (nSPS) is 16.4. The van der Waals surface area contributed by atoms with Crippen LogP contribution in [0.5, 0.6) is 0 Å². The van der Waals surface area contributed by atoms with E-state index in [1.165, 1.54) is 16.7 Å². The lowest BCUT2D eigenvalue weighted by molar-refractivity contribution is -0.160. The molecule has 2 nitrogen and oxygen atoms in total. The van der Waals surface area contributed by atoms with Crippen LogP contribution in [0.1, 0.15) is 17.4 Å². The number of benzene rings is 2.